The van der Waals surface area contributed by atoms with Crippen LogP contribution in [0.25, 0.3) is 0 Å². The van der Waals surface area contributed by atoms with Gasteiger partial charge >= 0.3 is 0 Å². The summed E-state index contributed by atoms with van der Waals surface area (Å²) in [5, 5.41) is 0. The van der Waals surface area contributed by atoms with Crippen LogP contribution in [0.1, 0.15) is 33.6 Å². The van der Waals surface area contributed by atoms with Gasteiger partial charge in [0.25, 0.3) is 0 Å². The molecule has 2 atom stereocenters. The molecule has 0 bridgehead atoms. The Balaban J connectivity index is 2.54. The van der Waals surface area contributed by atoms with Gasteiger partial charge in [-0.2, -0.15) is 0 Å². The van der Waals surface area contributed by atoms with E-state index in [9.17, 15) is 4.79 Å². The lowest BCUT2D eigenvalue weighted by Crippen LogP contribution is -2.43. The minimum absolute atomic E-state index is 0.226. The summed E-state index contributed by atoms with van der Waals surface area (Å²) in [5.74, 6) is 0.916. The van der Waals surface area contributed by atoms with Crippen LogP contribution in [0.4, 0.5) is 0 Å². The predicted octanol–water partition coefficient (Wildman–Crippen LogP) is 1.65. The molecule has 0 aromatic rings. The van der Waals surface area contributed by atoms with Gasteiger partial charge in [-0.05, 0) is 25.7 Å². The molecular weight excluding hydrogens is 138 g/mol. The van der Waals surface area contributed by atoms with Crippen molar-refractivity contribution in [2.45, 2.75) is 39.7 Å². The number of rotatable bonds is 0. The van der Waals surface area contributed by atoms with E-state index in [0.29, 0.717) is 12.0 Å². The van der Waals surface area contributed by atoms with Crippen molar-refractivity contribution < 1.29 is 4.79 Å². The number of hydrogen-bond acceptors (Lipinski definition) is 1. The Morgan fingerprint density at radius 2 is 2.00 bits per heavy atom. The zero-order chi connectivity index (χ0) is 8.43. The molecule has 1 saturated heterocycles. The van der Waals surface area contributed by atoms with Crippen LogP contribution in [0.2, 0.25) is 0 Å². The third kappa shape index (κ3) is 1.95. The van der Waals surface area contributed by atoms with Crippen molar-refractivity contribution in [1.82, 2.24) is 4.90 Å². The maximum absolute atomic E-state index is 11.1. The van der Waals surface area contributed by atoms with Crippen LogP contribution in [-0.2, 0) is 4.79 Å². The Hall–Kier alpha value is -0.530. The molecule has 1 amide bonds. The Morgan fingerprint density at radius 3 is 2.45 bits per heavy atom. The van der Waals surface area contributed by atoms with E-state index >= 15 is 0 Å². The highest BCUT2D eigenvalue weighted by atomic mass is 16.2. The number of likely N-dealkylation sites (tertiary alicyclic amines) is 1. The van der Waals surface area contributed by atoms with E-state index < -0.39 is 0 Å². The van der Waals surface area contributed by atoms with Gasteiger partial charge in [-0.15, -0.1) is 0 Å². The second-order valence-electron chi connectivity index (χ2n) is 3.70. The number of piperidine rings is 1. The van der Waals surface area contributed by atoms with Crippen molar-refractivity contribution in [1.29, 1.82) is 0 Å². The summed E-state index contributed by atoms with van der Waals surface area (Å²) >= 11 is 0. The number of carbonyl (C=O) groups excluding carboxylic acids is 1. The van der Waals surface area contributed by atoms with Gasteiger partial charge < -0.3 is 4.90 Å². The standard InChI is InChI=1S/C9H17NO/c1-7-4-5-8(2)10(6-7)9(3)11/h7-8H,4-6H2,1-3H3/t7-,8+/m0/s1. The topological polar surface area (TPSA) is 20.3 Å². The Labute approximate surface area is 68.6 Å². The fourth-order valence-corrected chi connectivity index (χ4v) is 1.73. The third-order valence-corrected chi connectivity index (χ3v) is 2.52. The Kier molecular flexibility index (Phi) is 2.53. The molecule has 64 valence electrons. The van der Waals surface area contributed by atoms with Crippen LogP contribution in [0.3, 0.4) is 0 Å². The van der Waals surface area contributed by atoms with Gasteiger partial charge in [-0.25, -0.2) is 0 Å². The number of carbonyl (C=O) groups is 1. The maximum Gasteiger partial charge on any atom is 0.219 e. The van der Waals surface area contributed by atoms with Crippen LogP contribution >= 0.6 is 0 Å². The normalized spacial score (nSPS) is 32.1. The molecule has 0 N–H and O–H groups in total. The van der Waals surface area contributed by atoms with Gasteiger partial charge in [0.2, 0.25) is 5.91 Å². The Bertz CT molecular complexity index is 156. The molecule has 0 saturated carbocycles. The summed E-state index contributed by atoms with van der Waals surface area (Å²) in [7, 11) is 0. The van der Waals surface area contributed by atoms with E-state index in [0.717, 1.165) is 6.54 Å². The van der Waals surface area contributed by atoms with Crippen molar-refractivity contribution in [2.75, 3.05) is 6.54 Å². The molecule has 1 aliphatic heterocycles. The van der Waals surface area contributed by atoms with Gasteiger partial charge in [-0.3, -0.25) is 4.79 Å². The molecule has 2 heteroatoms. The molecule has 2 nitrogen and oxygen atoms in total. The summed E-state index contributed by atoms with van der Waals surface area (Å²) in [5.41, 5.74) is 0. The van der Waals surface area contributed by atoms with Crippen LogP contribution in [0, 0.1) is 5.92 Å². The molecule has 0 unspecified atom stereocenters. The lowest BCUT2D eigenvalue weighted by molar-refractivity contribution is -0.132. The van der Waals surface area contributed by atoms with Crippen LogP contribution < -0.4 is 0 Å². The third-order valence-electron chi connectivity index (χ3n) is 2.52. The molecular formula is C9H17NO. The van der Waals surface area contributed by atoms with Gasteiger partial charge in [0.15, 0.2) is 0 Å². The van der Waals surface area contributed by atoms with Crippen LogP contribution in [0.5, 0.6) is 0 Å². The van der Waals surface area contributed by atoms with E-state index in [2.05, 4.69) is 13.8 Å². The van der Waals surface area contributed by atoms with E-state index in [4.69, 9.17) is 0 Å². The number of hydrogen-bond donors (Lipinski definition) is 0. The minimum Gasteiger partial charge on any atom is -0.340 e. The van der Waals surface area contributed by atoms with E-state index in [1.807, 2.05) is 4.90 Å². The molecule has 0 aromatic heterocycles. The quantitative estimate of drug-likeness (QED) is 0.521. The summed E-state index contributed by atoms with van der Waals surface area (Å²) in [4.78, 5) is 13.1. The molecule has 0 radical (unpaired) electrons. The molecule has 0 aromatic carbocycles. The lowest BCUT2D eigenvalue weighted by Gasteiger charge is -2.36. The van der Waals surface area contributed by atoms with Crippen molar-refractivity contribution in [3.63, 3.8) is 0 Å². The smallest absolute Gasteiger partial charge is 0.219 e. The Morgan fingerprint density at radius 1 is 1.36 bits per heavy atom. The zero-order valence-electron chi connectivity index (χ0n) is 7.63. The van der Waals surface area contributed by atoms with Crippen molar-refractivity contribution >= 4 is 5.91 Å². The molecule has 1 heterocycles. The molecule has 0 spiro atoms. The lowest BCUT2D eigenvalue weighted by atomic mass is 9.95. The largest absolute Gasteiger partial charge is 0.340 e. The van der Waals surface area contributed by atoms with Crippen LogP contribution in [-0.4, -0.2) is 23.4 Å². The zero-order valence-corrected chi connectivity index (χ0v) is 7.63. The van der Waals surface area contributed by atoms with Gasteiger partial charge in [0.1, 0.15) is 0 Å². The van der Waals surface area contributed by atoms with E-state index in [-0.39, 0.29) is 5.91 Å². The molecule has 1 fully saturated rings. The first-order valence-corrected chi connectivity index (χ1v) is 4.38. The number of nitrogens with zero attached hydrogens (tertiary/aromatic N) is 1. The second-order valence-corrected chi connectivity index (χ2v) is 3.70. The van der Waals surface area contributed by atoms with Crippen molar-refractivity contribution in [3.05, 3.63) is 0 Å². The van der Waals surface area contributed by atoms with E-state index in [1.54, 1.807) is 6.92 Å². The molecule has 1 rings (SSSR count). The SMILES string of the molecule is CC(=O)N1C[C@@H](C)CC[C@H]1C. The highest BCUT2D eigenvalue weighted by Gasteiger charge is 2.23. The fraction of sp³-hybridized carbons (Fsp3) is 0.889. The van der Waals surface area contributed by atoms with Gasteiger partial charge in [-0.1, -0.05) is 6.92 Å². The molecule has 0 aliphatic carbocycles. The summed E-state index contributed by atoms with van der Waals surface area (Å²) in [6.45, 7) is 6.96. The van der Waals surface area contributed by atoms with E-state index in [1.165, 1.54) is 12.8 Å². The first-order chi connectivity index (χ1) is 5.11. The molecule has 1 aliphatic rings. The van der Waals surface area contributed by atoms with Crippen molar-refractivity contribution in [2.24, 2.45) is 5.92 Å². The van der Waals surface area contributed by atoms with Gasteiger partial charge in [0.05, 0.1) is 0 Å². The summed E-state index contributed by atoms with van der Waals surface area (Å²) in [6.07, 6.45) is 2.44. The number of amides is 1. The average Bonchev–Trinajstić information content (AvgIpc) is 1.94. The highest BCUT2D eigenvalue weighted by molar-refractivity contribution is 5.73. The first kappa shape index (κ1) is 8.57. The van der Waals surface area contributed by atoms with Crippen molar-refractivity contribution in [3.8, 4) is 0 Å². The monoisotopic (exact) mass is 155 g/mol. The average molecular weight is 155 g/mol. The highest BCUT2D eigenvalue weighted by Crippen LogP contribution is 2.20. The first-order valence-electron chi connectivity index (χ1n) is 4.38. The van der Waals surface area contributed by atoms with Gasteiger partial charge in [0, 0.05) is 19.5 Å². The second kappa shape index (κ2) is 3.24. The minimum atomic E-state index is 0.226. The summed E-state index contributed by atoms with van der Waals surface area (Å²) < 4.78 is 0. The van der Waals surface area contributed by atoms with Crippen LogP contribution in [0.15, 0.2) is 0 Å². The predicted molar refractivity (Wildman–Crippen MR) is 45.2 cm³/mol. The maximum atomic E-state index is 11.1. The fourth-order valence-electron chi connectivity index (χ4n) is 1.73. The summed E-state index contributed by atoms with van der Waals surface area (Å²) in [6, 6.07) is 0.462. The molecule has 11 heavy (non-hydrogen) atoms.